The van der Waals surface area contributed by atoms with E-state index in [1.165, 1.54) is 29.1 Å². The molecule has 0 fully saturated rings. The lowest BCUT2D eigenvalue weighted by atomic mass is 9.89. The summed E-state index contributed by atoms with van der Waals surface area (Å²) in [6.45, 7) is 6.19. The van der Waals surface area contributed by atoms with E-state index in [1.54, 1.807) is 40.2 Å². The number of benzene rings is 1. The van der Waals surface area contributed by atoms with Gasteiger partial charge in [-0.05, 0) is 68.9 Å². The zero-order chi connectivity index (χ0) is 22.1. The van der Waals surface area contributed by atoms with Crippen molar-refractivity contribution in [2.75, 3.05) is 11.1 Å². The van der Waals surface area contributed by atoms with Crippen LogP contribution >= 0.6 is 23.1 Å². The van der Waals surface area contributed by atoms with E-state index in [2.05, 4.69) is 12.2 Å². The molecule has 31 heavy (non-hydrogen) atoms. The van der Waals surface area contributed by atoms with E-state index in [-0.39, 0.29) is 23.0 Å². The van der Waals surface area contributed by atoms with Crippen LogP contribution < -0.4 is 10.9 Å². The van der Waals surface area contributed by atoms with Crippen molar-refractivity contribution in [3.05, 3.63) is 50.6 Å². The number of rotatable bonds is 6. The Kier molecular flexibility index (Phi) is 6.29. The number of thiophene rings is 1. The van der Waals surface area contributed by atoms with E-state index in [9.17, 15) is 14.4 Å². The molecule has 1 atom stereocenters. The molecule has 1 amide bonds. The zero-order valence-corrected chi connectivity index (χ0v) is 19.5. The van der Waals surface area contributed by atoms with Gasteiger partial charge < -0.3 is 5.32 Å². The van der Waals surface area contributed by atoms with Crippen molar-refractivity contribution < 1.29 is 9.59 Å². The SMILES string of the molecule is CCn1c(SCC(=O)Nc2ccc(C(C)=O)cc2)nc2sc3c(c2c1=O)CCC(C)C3. The summed E-state index contributed by atoms with van der Waals surface area (Å²) in [5, 5.41) is 4.18. The number of nitrogens with one attached hydrogen (secondary N) is 1. The van der Waals surface area contributed by atoms with E-state index >= 15 is 0 Å². The second kappa shape index (κ2) is 8.96. The number of aromatic nitrogens is 2. The Morgan fingerprint density at radius 2 is 2.03 bits per heavy atom. The van der Waals surface area contributed by atoms with Gasteiger partial charge in [0.05, 0.1) is 11.1 Å². The molecule has 1 unspecified atom stereocenters. The van der Waals surface area contributed by atoms with Gasteiger partial charge in [0.15, 0.2) is 10.9 Å². The standard InChI is InChI=1S/C23H25N3O3S2/c1-4-26-22(29)20-17-10-5-13(2)11-18(17)31-21(20)25-23(26)30-12-19(28)24-16-8-6-15(7-9-16)14(3)27/h6-9,13H,4-5,10-12H2,1-3H3,(H,24,28). The van der Waals surface area contributed by atoms with Crippen molar-refractivity contribution in [3.63, 3.8) is 0 Å². The maximum absolute atomic E-state index is 13.2. The summed E-state index contributed by atoms with van der Waals surface area (Å²) < 4.78 is 1.67. The summed E-state index contributed by atoms with van der Waals surface area (Å²) in [7, 11) is 0. The van der Waals surface area contributed by atoms with Crippen LogP contribution in [0.1, 0.15) is 48.0 Å². The molecule has 0 radical (unpaired) electrons. The van der Waals surface area contributed by atoms with E-state index < -0.39 is 0 Å². The molecule has 3 aromatic rings. The van der Waals surface area contributed by atoms with Gasteiger partial charge in [0, 0.05) is 22.7 Å². The maximum atomic E-state index is 13.2. The number of hydrogen-bond donors (Lipinski definition) is 1. The molecular weight excluding hydrogens is 430 g/mol. The molecule has 4 rings (SSSR count). The molecule has 0 bridgehead atoms. The van der Waals surface area contributed by atoms with Crippen LogP contribution in [0.3, 0.4) is 0 Å². The van der Waals surface area contributed by atoms with Crippen molar-refractivity contribution in [3.8, 4) is 0 Å². The Morgan fingerprint density at radius 3 is 2.71 bits per heavy atom. The third-order valence-electron chi connectivity index (χ3n) is 5.60. The average Bonchev–Trinajstić information content (AvgIpc) is 3.10. The summed E-state index contributed by atoms with van der Waals surface area (Å²) in [6.07, 6.45) is 3.05. The van der Waals surface area contributed by atoms with Gasteiger partial charge in [0.1, 0.15) is 4.83 Å². The topological polar surface area (TPSA) is 81.1 Å². The van der Waals surface area contributed by atoms with Crippen molar-refractivity contribution in [2.24, 2.45) is 5.92 Å². The smallest absolute Gasteiger partial charge is 0.263 e. The number of nitrogens with zero attached hydrogens (tertiary/aromatic N) is 2. The van der Waals surface area contributed by atoms with Crippen LogP contribution in [0.25, 0.3) is 10.2 Å². The van der Waals surface area contributed by atoms with Crippen molar-refractivity contribution >= 4 is 50.7 Å². The fourth-order valence-electron chi connectivity index (χ4n) is 3.91. The average molecular weight is 456 g/mol. The van der Waals surface area contributed by atoms with Gasteiger partial charge in [-0.2, -0.15) is 0 Å². The molecule has 1 aliphatic rings. The predicted octanol–water partition coefficient (Wildman–Crippen LogP) is 4.54. The minimum Gasteiger partial charge on any atom is -0.325 e. The highest BCUT2D eigenvalue weighted by Gasteiger charge is 2.24. The Morgan fingerprint density at radius 1 is 1.29 bits per heavy atom. The molecule has 2 heterocycles. The van der Waals surface area contributed by atoms with Crippen LogP contribution in [0.2, 0.25) is 0 Å². The van der Waals surface area contributed by atoms with Gasteiger partial charge in [-0.1, -0.05) is 18.7 Å². The van der Waals surface area contributed by atoms with Crippen molar-refractivity contribution in [1.29, 1.82) is 0 Å². The monoisotopic (exact) mass is 455 g/mol. The number of Topliss-reactive ketones (excluding diaryl/α,β-unsaturated/α-hetero) is 1. The number of amides is 1. The highest BCUT2D eigenvalue weighted by molar-refractivity contribution is 7.99. The molecule has 1 aromatic carbocycles. The Labute approximate surface area is 189 Å². The summed E-state index contributed by atoms with van der Waals surface area (Å²) in [4.78, 5) is 43.9. The molecule has 0 saturated heterocycles. The molecule has 2 aromatic heterocycles. The van der Waals surface area contributed by atoms with Gasteiger partial charge >= 0.3 is 0 Å². The first-order valence-electron chi connectivity index (χ1n) is 10.5. The molecule has 0 saturated carbocycles. The summed E-state index contributed by atoms with van der Waals surface area (Å²) >= 11 is 2.90. The molecule has 162 valence electrons. The minimum absolute atomic E-state index is 0.00211. The second-order valence-electron chi connectivity index (χ2n) is 7.95. The first kappa shape index (κ1) is 21.8. The summed E-state index contributed by atoms with van der Waals surface area (Å²) in [6, 6.07) is 6.80. The molecular formula is C23H25N3O3S2. The number of carbonyl (C=O) groups is 2. The van der Waals surface area contributed by atoms with E-state index in [0.29, 0.717) is 28.9 Å². The van der Waals surface area contributed by atoms with E-state index in [0.717, 1.165) is 29.5 Å². The van der Waals surface area contributed by atoms with Gasteiger partial charge in [0.25, 0.3) is 5.56 Å². The fourth-order valence-corrected chi connectivity index (χ4v) is 6.20. The Bertz CT molecular complexity index is 1210. The lowest BCUT2D eigenvalue weighted by Crippen LogP contribution is -2.24. The quantitative estimate of drug-likeness (QED) is 0.335. The number of thioether (sulfide) groups is 1. The number of carbonyl (C=O) groups excluding carboxylic acids is 2. The summed E-state index contributed by atoms with van der Waals surface area (Å²) in [5.74, 6) is 0.583. The van der Waals surface area contributed by atoms with Crippen molar-refractivity contribution in [2.45, 2.75) is 51.7 Å². The lowest BCUT2D eigenvalue weighted by molar-refractivity contribution is -0.113. The first-order chi connectivity index (χ1) is 14.9. The van der Waals surface area contributed by atoms with Crippen LogP contribution in [-0.2, 0) is 24.2 Å². The number of ketones is 1. The van der Waals surface area contributed by atoms with Crippen LogP contribution in [0.4, 0.5) is 5.69 Å². The largest absolute Gasteiger partial charge is 0.325 e. The molecule has 1 N–H and O–H groups in total. The van der Waals surface area contributed by atoms with Gasteiger partial charge in [-0.3, -0.25) is 19.0 Å². The van der Waals surface area contributed by atoms with E-state index in [1.807, 2.05) is 6.92 Å². The third-order valence-corrected chi connectivity index (χ3v) is 7.73. The minimum atomic E-state index is -0.183. The fraction of sp³-hybridized carbons (Fsp3) is 0.391. The zero-order valence-electron chi connectivity index (χ0n) is 17.9. The van der Waals surface area contributed by atoms with Crippen LogP contribution in [-0.4, -0.2) is 27.0 Å². The van der Waals surface area contributed by atoms with Crippen LogP contribution in [0.15, 0.2) is 34.2 Å². The van der Waals surface area contributed by atoms with Gasteiger partial charge in [-0.15, -0.1) is 11.3 Å². The van der Waals surface area contributed by atoms with E-state index in [4.69, 9.17) is 4.98 Å². The Hall–Kier alpha value is -2.45. The maximum Gasteiger partial charge on any atom is 0.263 e. The highest BCUT2D eigenvalue weighted by atomic mass is 32.2. The summed E-state index contributed by atoms with van der Waals surface area (Å²) in [5.41, 5.74) is 2.42. The van der Waals surface area contributed by atoms with Crippen molar-refractivity contribution in [1.82, 2.24) is 9.55 Å². The number of anilines is 1. The Balaban J connectivity index is 1.53. The van der Waals surface area contributed by atoms with Gasteiger partial charge in [0.2, 0.25) is 5.91 Å². The van der Waals surface area contributed by atoms with Crippen LogP contribution in [0.5, 0.6) is 0 Å². The first-order valence-corrected chi connectivity index (χ1v) is 12.3. The molecule has 1 aliphatic carbocycles. The van der Waals surface area contributed by atoms with Crippen LogP contribution in [0, 0.1) is 5.92 Å². The lowest BCUT2D eigenvalue weighted by Gasteiger charge is -2.17. The number of aryl methyl sites for hydroxylation is 1. The third kappa shape index (κ3) is 4.45. The second-order valence-corrected chi connectivity index (χ2v) is 9.97. The molecule has 0 aliphatic heterocycles. The normalized spacial score (nSPS) is 15.6. The number of fused-ring (bicyclic) bond motifs is 3. The molecule has 6 nitrogen and oxygen atoms in total. The highest BCUT2D eigenvalue weighted by Crippen LogP contribution is 2.36. The molecule has 0 spiro atoms. The van der Waals surface area contributed by atoms with Gasteiger partial charge in [-0.25, -0.2) is 4.98 Å². The molecule has 8 heteroatoms. The predicted molar refractivity (Wildman–Crippen MR) is 127 cm³/mol. The number of hydrogen-bond acceptors (Lipinski definition) is 6.